The van der Waals surface area contributed by atoms with Gasteiger partial charge in [-0.15, -0.1) is 0 Å². The van der Waals surface area contributed by atoms with Crippen LogP contribution < -0.4 is 5.32 Å². The maximum atomic E-state index is 3.61. The summed E-state index contributed by atoms with van der Waals surface area (Å²) in [5.74, 6) is 0. The summed E-state index contributed by atoms with van der Waals surface area (Å²) in [6.07, 6.45) is 3.28. The van der Waals surface area contributed by atoms with Gasteiger partial charge in [0.25, 0.3) is 0 Å². The van der Waals surface area contributed by atoms with Gasteiger partial charge in [0.05, 0.1) is 0 Å². The molecular weight excluding hydrogens is 222 g/mol. The summed E-state index contributed by atoms with van der Waals surface area (Å²) in [5.41, 5.74) is 4.05. The number of nitrogens with one attached hydrogen (secondary N) is 2. The Balaban J connectivity index is 1.84. The zero-order chi connectivity index (χ0) is 12.5. The maximum absolute atomic E-state index is 3.61. The Labute approximate surface area is 108 Å². The second kappa shape index (κ2) is 4.75. The van der Waals surface area contributed by atoms with E-state index < -0.39 is 0 Å². The van der Waals surface area contributed by atoms with Gasteiger partial charge < -0.3 is 15.2 Å². The minimum absolute atomic E-state index is 0.572. The van der Waals surface area contributed by atoms with Crippen LogP contribution in [0.25, 0.3) is 10.9 Å². The first-order chi connectivity index (χ1) is 8.74. The van der Waals surface area contributed by atoms with E-state index in [1.54, 1.807) is 0 Å². The summed E-state index contributed by atoms with van der Waals surface area (Å²) in [6.45, 7) is 5.56. The van der Waals surface area contributed by atoms with Gasteiger partial charge in [0.2, 0.25) is 0 Å². The van der Waals surface area contributed by atoms with Crippen LogP contribution in [0.2, 0.25) is 0 Å². The number of aryl methyl sites for hydroxylation is 1. The van der Waals surface area contributed by atoms with Crippen LogP contribution in [0.4, 0.5) is 0 Å². The number of likely N-dealkylation sites (N-methyl/N-ethyl adjacent to an activating group) is 1. The molecule has 0 spiro atoms. The predicted octanol–water partition coefficient (Wildman–Crippen LogP) is 1.92. The molecule has 1 saturated heterocycles. The van der Waals surface area contributed by atoms with Gasteiger partial charge in [0, 0.05) is 42.8 Å². The maximum Gasteiger partial charge on any atom is 0.0486 e. The number of H-pyrrole nitrogens is 1. The molecule has 1 aliphatic rings. The molecule has 96 valence electrons. The molecule has 0 radical (unpaired) electrons. The van der Waals surface area contributed by atoms with Crippen molar-refractivity contribution in [2.75, 3.05) is 26.7 Å². The van der Waals surface area contributed by atoms with Crippen molar-refractivity contribution >= 4 is 10.9 Å². The zero-order valence-corrected chi connectivity index (χ0v) is 11.2. The largest absolute Gasteiger partial charge is 0.361 e. The minimum atomic E-state index is 0.572. The van der Waals surface area contributed by atoms with E-state index in [-0.39, 0.29) is 0 Å². The molecule has 1 aromatic carbocycles. The van der Waals surface area contributed by atoms with Gasteiger partial charge in [-0.1, -0.05) is 18.2 Å². The first kappa shape index (κ1) is 11.8. The Kier molecular flexibility index (Phi) is 3.10. The van der Waals surface area contributed by atoms with Gasteiger partial charge in [-0.25, -0.2) is 0 Å². The van der Waals surface area contributed by atoms with Crippen molar-refractivity contribution in [3.05, 3.63) is 35.5 Å². The highest BCUT2D eigenvalue weighted by Gasteiger charge is 2.18. The van der Waals surface area contributed by atoms with Crippen molar-refractivity contribution < 1.29 is 0 Å². The molecule has 18 heavy (non-hydrogen) atoms. The smallest absolute Gasteiger partial charge is 0.0486 e. The summed E-state index contributed by atoms with van der Waals surface area (Å²) in [5, 5.41) is 4.99. The van der Waals surface area contributed by atoms with Crippen LogP contribution in [-0.2, 0) is 6.42 Å². The Bertz CT molecular complexity index is 544. The number of aromatic amines is 1. The van der Waals surface area contributed by atoms with Gasteiger partial charge in [-0.2, -0.15) is 0 Å². The summed E-state index contributed by atoms with van der Waals surface area (Å²) < 4.78 is 0. The van der Waals surface area contributed by atoms with E-state index in [0.29, 0.717) is 6.04 Å². The number of piperazine rings is 1. The van der Waals surface area contributed by atoms with Crippen molar-refractivity contribution in [1.82, 2.24) is 15.2 Å². The highest BCUT2D eigenvalue weighted by atomic mass is 15.2. The fraction of sp³-hybridized carbons (Fsp3) is 0.467. The number of benzene rings is 1. The Morgan fingerprint density at radius 2 is 2.28 bits per heavy atom. The van der Waals surface area contributed by atoms with Crippen molar-refractivity contribution in [2.24, 2.45) is 0 Å². The normalized spacial score (nSPS) is 21.6. The fourth-order valence-electron chi connectivity index (χ4n) is 2.93. The van der Waals surface area contributed by atoms with E-state index in [4.69, 9.17) is 0 Å². The van der Waals surface area contributed by atoms with Gasteiger partial charge >= 0.3 is 0 Å². The molecule has 1 fully saturated rings. The quantitative estimate of drug-likeness (QED) is 0.844. The summed E-state index contributed by atoms with van der Waals surface area (Å²) in [7, 11) is 2.20. The lowest BCUT2D eigenvalue weighted by molar-refractivity contribution is 0.238. The number of fused-ring (bicyclic) bond motifs is 1. The average Bonchev–Trinajstić information content (AvgIpc) is 2.74. The molecule has 1 atom stereocenters. The van der Waals surface area contributed by atoms with Crippen LogP contribution in [-0.4, -0.2) is 42.6 Å². The molecule has 0 aliphatic carbocycles. The molecule has 2 heterocycles. The van der Waals surface area contributed by atoms with Gasteiger partial charge in [-0.3, -0.25) is 0 Å². The lowest BCUT2D eigenvalue weighted by atomic mass is 10.0. The van der Waals surface area contributed by atoms with Gasteiger partial charge in [-0.05, 0) is 31.5 Å². The minimum Gasteiger partial charge on any atom is -0.361 e. The second-order valence-corrected chi connectivity index (χ2v) is 5.43. The van der Waals surface area contributed by atoms with E-state index in [1.165, 1.54) is 22.0 Å². The highest BCUT2D eigenvalue weighted by molar-refractivity contribution is 5.85. The predicted molar refractivity (Wildman–Crippen MR) is 76.0 cm³/mol. The topological polar surface area (TPSA) is 31.1 Å². The summed E-state index contributed by atoms with van der Waals surface area (Å²) >= 11 is 0. The highest BCUT2D eigenvalue weighted by Crippen LogP contribution is 2.22. The monoisotopic (exact) mass is 243 g/mol. The van der Waals surface area contributed by atoms with Crippen LogP contribution in [0, 0.1) is 6.92 Å². The lowest BCUT2D eigenvalue weighted by Gasteiger charge is -2.30. The molecule has 3 heteroatoms. The van der Waals surface area contributed by atoms with Gasteiger partial charge in [0.1, 0.15) is 0 Å². The molecule has 0 amide bonds. The zero-order valence-electron chi connectivity index (χ0n) is 11.2. The van der Waals surface area contributed by atoms with Crippen molar-refractivity contribution in [2.45, 2.75) is 19.4 Å². The summed E-state index contributed by atoms with van der Waals surface area (Å²) in [6, 6.07) is 7.11. The average molecular weight is 243 g/mol. The van der Waals surface area contributed by atoms with Crippen LogP contribution >= 0.6 is 0 Å². The van der Waals surface area contributed by atoms with E-state index in [2.05, 4.69) is 53.6 Å². The van der Waals surface area contributed by atoms with Crippen LogP contribution in [0.3, 0.4) is 0 Å². The van der Waals surface area contributed by atoms with Crippen LogP contribution in [0.1, 0.15) is 11.1 Å². The first-order valence-corrected chi connectivity index (χ1v) is 6.71. The standard InChI is InChI=1S/C15H21N3/c1-11-4-3-5-14-12(9-17-15(11)14)8-13-10-18(2)7-6-16-13/h3-5,9,13,16-17H,6-8,10H2,1-2H3. The van der Waals surface area contributed by atoms with E-state index in [0.717, 1.165) is 26.1 Å². The number of hydrogen-bond acceptors (Lipinski definition) is 2. The Morgan fingerprint density at radius 1 is 1.39 bits per heavy atom. The second-order valence-electron chi connectivity index (χ2n) is 5.43. The molecule has 1 aliphatic heterocycles. The third kappa shape index (κ3) is 2.16. The van der Waals surface area contributed by atoms with Crippen LogP contribution in [0.15, 0.2) is 24.4 Å². The third-order valence-corrected chi connectivity index (χ3v) is 3.93. The van der Waals surface area contributed by atoms with E-state index in [9.17, 15) is 0 Å². The summed E-state index contributed by atoms with van der Waals surface area (Å²) in [4.78, 5) is 5.82. The molecule has 1 aromatic heterocycles. The van der Waals surface area contributed by atoms with E-state index in [1.807, 2.05) is 0 Å². The molecule has 3 rings (SSSR count). The van der Waals surface area contributed by atoms with Crippen LogP contribution in [0.5, 0.6) is 0 Å². The molecule has 0 bridgehead atoms. The number of rotatable bonds is 2. The number of aromatic nitrogens is 1. The van der Waals surface area contributed by atoms with Crippen molar-refractivity contribution in [3.63, 3.8) is 0 Å². The van der Waals surface area contributed by atoms with E-state index >= 15 is 0 Å². The Morgan fingerprint density at radius 3 is 3.11 bits per heavy atom. The Hall–Kier alpha value is -1.32. The lowest BCUT2D eigenvalue weighted by Crippen LogP contribution is -2.49. The molecule has 3 nitrogen and oxygen atoms in total. The number of nitrogens with zero attached hydrogens (tertiary/aromatic N) is 1. The molecule has 1 unspecified atom stereocenters. The SMILES string of the molecule is Cc1cccc2c(CC3CN(C)CCN3)c[nH]c12. The third-order valence-electron chi connectivity index (χ3n) is 3.93. The fourth-order valence-corrected chi connectivity index (χ4v) is 2.93. The molecule has 2 aromatic rings. The van der Waals surface area contributed by atoms with Gasteiger partial charge in [0.15, 0.2) is 0 Å². The number of hydrogen-bond donors (Lipinski definition) is 2. The molecule has 2 N–H and O–H groups in total. The van der Waals surface area contributed by atoms with Crippen molar-refractivity contribution in [1.29, 1.82) is 0 Å². The first-order valence-electron chi connectivity index (χ1n) is 6.71. The number of para-hydroxylation sites is 1. The molecular formula is C15H21N3. The van der Waals surface area contributed by atoms with Crippen molar-refractivity contribution in [3.8, 4) is 0 Å². The molecule has 0 saturated carbocycles.